The van der Waals surface area contributed by atoms with Crippen LogP contribution in [0.25, 0.3) is 0 Å². The number of nitrogens with two attached hydrogens (primary N) is 1. The number of rotatable bonds is 2. The monoisotopic (exact) mass is 159 g/mol. The first-order valence-electron chi connectivity index (χ1n) is 3.52. The molecule has 1 aliphatic rings. The van der Waals surface area contributed by atoms with Crippen LogP contribution >= 0.6 is 0 Å². The Balaban J connectivity index is 2.52. The Morgan fingerprint density at radius 2 is 2.36 bits per heavy atom. The van der Waals surface area contributed by atoms with Crippen molar-refractivity contribution in [3.05, 3.63) is 12.2 Å². The molecule has 3 atom stereocenters. The maximum Gasteiger partial charge on any atom is 0.187 e. The fraction of sp³-hybridized carbons (Fsp3) is 0.714. The van der Waals surface area contributed by atoms with E-state index in [-0.39, 0.29) is 6.10 Å². The minimum atomic E-state index is -0.678. The number of methoxy groups -OCH3 is 1. The number of aliphatic hydroxyl groups is 1. The van der Waals surface area contributed by atoms with Crippen molar-refractivity contribution in [3.63, 3.8) is 0 Å². The van der Waals surface area contributed by atoms with Gasteiger partial charge in [-0.15, -0.1) is 0 Å². The first-order valence-corrected chi connectivity index (χ1v) is 3.52. The normalized spacial score (nSPS) is 37.5. The highest BCUT2D eigenvalue weighted by atomic mass is 16.7. The molecule has 64 valence electrons. The van der Waals surface area contributed by atoms with Gasteiger partial charge in [-0.3, -0.25) is 0 Å². The van der Waals surface area contributed by atoms with Gasteiger partial charge in [0.2, 0.25) is 0 Å². The average Bonchev–Trinajstić information content (AvgIpc) is 2.05. The molecule has 0 amide bonds. The Labute approximate surface area is 65.6 Å². The summed E-state index contributed by atoms with van der Waals surface area (Å²) in [4.78, 5) is 0. The van der Waals surface area contributed by atoms with Gasteiger partial charge in [-0.05, 0) is 0 Å². The van der Waals surface area contributed by atoms with E-state index in [1.807, 2.05) is 0 Å². The minimum Gasteiger partial charge on any atom is -0.384 e. The zero-order valence-electron chi connectivity index (χ0n) is 6.43. The van der Waals surface area contributed by atoms with Gasteiger partial charge in [-0.2, -0.15) is 0 Å². The zero-order chi connectivity index (χ0) is 8.27. The van der Waals surface area contributed by atoms with Crippen LogP contribution < -0.4 is 5.73 Å². The summed E-state index contributed by atoms with van der Waals surface area (Å²) in [7, 11) is 1.49. The summed E-state index contributed by atoms with van der Waals surface area (Å²) in [6.45, 7) is 0.406. The molecule has 0 radical (unpaired) electrons. The fourth-order valence-corrected chi connectivity index (χ4v) is 0.956. The lowest BCUT2D eigenvalue weighted by Crippen LogP contribution is -2.39. The van der Waals surface area contributed by atoms with Crippen molar-refractivity contribution in [3.8, 4) is 0 Å². The summed E-state index contributed by atoms with van der Waals surface area (Å²) < 4.78 is 10.1. The standard InChI is InChI=1S/C7H13NO3/c1-10-7-6(9)3-2-5(4-8)11-7/h2-3,5-7,9H,4,8H2,1H3/t5-,6-,7-/m0/s1. The molecule has 0 aromatic rings. The van der Waals surface area contributed by atoms with Crippen LogP contribution in [0.3, 0.4) is 0 Å². The van der Waals surface area contributed by atoms with Crippen LogP contribution in [0, 0.1) is 0 Å². The van der Waals surface area contributed by atoms with E-state index < -0.39 is 12.4 Å². The summed E-state index contributed by atoms with van der Waals surface area (Å²) >= 11 is 0. The molecule has 0 spiro atoms. The molecule has 1 rings (SSSR count). The predicted octanol–water partition coefficient (Wildman–Crippen LogP) is -0.767. The van der Waals surface area contributed by atoms with Crippen molar-refractivity contribution in [1.29, 1.82) is 0 Å². The number of ether oxygens (including phenoxy) is 2. The van der Waals surface area contributed by atoms with Gasteiger partial charge in [0.15, 0.2) is 6.29 Å². The van der Waals surface area contributed by atoms with Crippen LogP contribution in [-0.2, 0) is 9.47 Å². The van der Waals surface area contributed by atoms with E-state index in [2.05, 4.69) is 0 Å². The Kier molecular flexibility index (Phi) is 3.02. The second-order valence-electron chi connectivity index (χ2n) is 2.39. The van der Waals surface area contributed by atoms with Crippen LogP contribution in [0.1, 0.15) is 0 Å². The van der Waals surface area contributed by atoms with Crippen LogP contribution in [0.2, 0.25) is 0 Å². The van der Waals surface area contributed by atoms with Crippen molar-refractivity contribution in [1.82, 2.24) is 0 Å². The lowest BCUT2D eigenvalue weighted by atomic mass is 10.2. The SMILES string of the molecule is CO[C@H]1O[C@H](CN)C=C[C@@H]1O. The van der Waals surface area contributed by atoms with Gasteiger partial charge in [-0.25, -0.2) is 0 Å². The highest BCUT2D eigenvalue weighted by Gasteiger charge is 2.23. The lowest BCUT2D eigenvalue weighted by molar-refractivity contribution is -0.188. The minimum absolute atomic E-state index is 0.136. The van der Waals surface area contributed by atoms with Crippen molar-refractivity contribution in [2.75, 3.05) is 13.7 Å². The molecule has 0 saturated carbocycles. The van der Waals surface area contributed by atoms with Crippen molar-refractivity contribution in [2.24, 2.45) is 5.73 Å². The average molecular weight is 159 g/mol. The topological polar surface area (TPSA) is 64.7 Å². The van der Waals surface area contributed by atoms with E-state index in [1.165, 1.54) is 7.11 Å². The summed E-state index contributed by atoms with van der Waals surface area (Å²) in [6, 6.07) is 0. The summed E-state index contributed by atoms with van der Waals surface area (Å²) in [5.74, 6) is 0. The Morgan fingerprint density at radius 3 is 2.91 bits per heavy atom. The molecule has 1 heterocycles. The van der Waals surface area contributed by atoms with Crippen LogP contribution in [0.5, 0.6) is 0 Å². The third kappa shape index (κ3) is 2.00. The molecule has 1 aliphatic heterocycles. The summed E-state index contributed by atoms with van der Waals surface area (Å²) in [5.41, 5.74) is 5.35. The molecular formula is C7H13NO3. The highest BCUT2D eigenvalue weighted by Crippen LogP contribution is 2.12. The molecule has 4 heteroatoms. The molecular weight excluding hydrogens is 146 g/mol. The lowest BCUT2D eigenvalue weighted by Gasteiger charge is -2.27. The zero-order valence-corrected chi connectivity index (χ0v) is 6.43. The van der Waals surface area contributed by atoms with E-state index in [0.717, 1.165) is 0 Å². The molecule has 11 heavy (non-hydrogen) atoms. The van der Waals surface area contributed by atoms with Gasteiger partial charge in [-0.1, -0.05) is 12.2 Å². The summed E-state index contributed by atoms with van der Waals surface area (Å²) in [5, 5.41) is 9.20. The van der Waals surface area contributed by atoms with Gasteiger partial charge < -0.3 is 20.3 Å². The molecule has 3 N–H and O–H groups in total. The second-order valence-corrected chi connectivity index (χ2v) is 2.39. The third-order valence-electron chi connectivity index (χ3n) is 1.58. The molecule has 4 nitrogen and oxygen atoms in total. The van der Waals surface area contributed by atoms with E-state index in [1.54, 1.807) is 12.2 Å². The first kappa shape index (κ1) is 8.67. The van der Waals surface area contributed by atoms with E-state index in [4.69, 9.17) is 15.2 Å². The molecule has 0 unspecified atom stereocenters. The van der Waals surface area contributed by atoms with Gasteiger partial charge >= 0.3 is 0 Å². The fourth-order valence-electron chi connectivity index (χ4n) is 0.956. The third-order valence-corrected chi connectivity index (χ3v) is 1.58. The Bertz CT molecular complexity index is 149. The van der Waals surface area contributed by atoms with E-state index in [9.17, 15) is 5.11 Å². The van der Waals surface area contributed by atoms with Crippen molar-refractivity contribution < 1.29 is 14.6 Å². The Hall–Kier alpha value is -0.420. The second kappa shape index (κ2) is 3.82. The van der Waals surface area contributed by atoms with Crippen molar-refractivity contribution >= 4 is 0 Å². The molecule has 0 saturated heterocycles. The van der Waals surface area contributed by atoms with Crippen molar-refractivity contribution in [2.45, 2.75) is 18.5 Å². The maximum absolute atomic E-state index is 9.20. The Morgan fingerprint density at radius 1 is 1.64 bits per heavy atom. The highest BCUT2D eigenvalue weighted by molar-refractivity contribution is 5.00. The van der Waals surface area contributed by atoms with Gasteiger partial charge in [0.1, 0.15) is 6.10 Å². The van der Waals surface area contributed by atoms with Gasteiger partial charge in [0.05, 0.1) is 6.10 Å². The largest absolute Gasteiger partial charge is 0.384 e. The molecule has 0 aromatic heterocycles. The first-order chi connectivity index (χ1) is 5.27. The molecule has 0 aliphatic carbocycles. The van der Waals surface area contributed by atoms with E-state index >= 15 is 0 Å². The molecule has 0 fully saturated rings. The smallest absolute Gasteiger partial charge is 0.187 e. The van der Waals surface area contributed by atoms with Gasteiger partial charge in [0.25, 0.3) is 0 Å². The molecule has 0 bridgehead atoms. The number of hydrogen-bond acceptors (Lipinski definition) is 4. The predicted molar refractivity (Wildman–Crippen MR) is 39.9 cm³/mol. The summed E-state index contributed by atoms with van der Waals surface area (Å²) in [6.07, 6.45) is 1.98. The van der Waals surface area contributed by atoms with Gasteiger partial charge in [0, 0.05) is 13.7 Å². The quantitative estimate of drug-likeness (QED) is 0.519. The van der Waals surface area contributed by atoms with E-state index in [0.29, 0.717) is 6.54 Å². The maximum atomic E-state index is 9.20. The van der Waals surface area contributed by atoms with Crippen LogP contribution in [-0.4, -0.2) is 37.3 Å². The van der Waals surface area contributed by atoms with Crippen LogP contribution in [0.4, 0.5) is 0 Å². The number of aliphatic hydroxyl groups excluding tert-OH is 1. The molecule has 0 aromatic carbocycles. The number of hydrogen-bond donors (Lipinski definition) is 2. The van der Waals surface area contributed by atoms with Crippen LogP contribution in [0.15, 0.2) is 12.2 Å².